The van der Waals surface area contributed by atoms with Crippen molar-refractivity contribution in [2.24, 2.45) is 0 Å². The number of hydrogen-bond acceptors (Lipinski definition) is 4. The summed E-state index contributed by atoms with van der Waals surface area (Å²) in [7, 11) is 1.67. The quantitative estimate of drug-likeness (QED) is 0.213. The topological polar surface area (TPSA) is 47.9 Å². The fraction of sp³-hybridized carbons (Fsp3) is 0.0357. The second kappa shape index (κ2) is 9.87. The minimum atomic E-state index is 0.615. The lowest BCUT2D eigenvalue weighted by atomic mass is 10.0. The monoisotopic (exact) mass is 571 g/mol. The standard InChI is InChI=1S/C28H19Br2N3O/c1-34-25-13-5-7-19(17-25)18-6-2-8-20(14-18)26-31-27(21-9-3-11-23(29)15-21)33-28(32-26)22-10-4-12-24(30)16-22/h2-17H,1H3. The van der Waals surface area contributed by atoms with Crippen molar-refractivity contribution in [3.63, 3.8) is 0 Å². The molecule has 0 amide bonds. The molecule has 0 aliphatic carbocycles. The zero-order chi connectivity index (χ0) is 23.5. The summed E-state index contributed by atoms with van der Waals surface area (Å²) in [5, 5.41) is 0. The third-order valence-electron chi connectivity index (χ3n) is 5.32. The molecule has 34 heavy (non-hydrogen) atoms. The zero-order valence-corrected chi connectivity index (χ0v) is 21.4. The van der Waals surface area contributed by atoms with Gasteiger partial charge in [-0.25, -0.2) is 15.0 Å². The number of hydrogen-bond donors (Lipinski definition) is 0. The maximum absolute atomic E-state index is 5.40. The van der Waals surface area contributed by atoms with E-state index in [4.69, 9.17) is 19.7 Å². The third-order valence-corrected chi connectivity index (χ3v) is 6.31. The van der Waals surface area contributed by atoms with E-state index in [1.807, 2.05) is 78.9 Å². The van der Waals surface area contributed by atoms with Crippen LogP contribution in [0.4, 0.5) is 0 Å². The van der Waals surface area contributed by atoms with Gasteiger partial charge in [-0.2, -0.15) is 0 Å². The van der Waals surface area contributed by atoms with Crippen molar-refractivity contribution < 1.29 is 4.74 Å². The first kappa shape index (κ1) is 22.4. The number of methoxy groups -OCH3 is 1. The van der Waals surface area contributed by atoms with E-state index < -0.39 is 0 Å². The van der Waals surface area contributed by atoms with Crippen LogP contribution in [0.15, 0.2) is 106 Å². The first-order valence-corrected chi connectivity index (χ1v) is 12.2. The average molecular weight is 573 g/mol. The lowest BCUT2D eigenvalue weighted by Gasteiger charge is -2.10. The van der Waals surface area contributed by atoms with Crippen molar-refractivity contribution in [2.75, 3.05) is 7.11 Å². The average Bonchev–Trinajstić information content (AvgIpc) is 2.88. The lowest BCUT2D eigenvalue weighted by Crippen LogP contribution is -2.00. The molecule has 5 rings (SSSR count). The number of benzene rings is 4. The molecular formula is C28H19Br2N3O. The first-order valence-electron chi connectivity index (χ1n) is 10.6. The second-order valence-corrected chi connectivity index (χ2v) is 9.47. The fourth-order valence-electron chi connectivity index (χ4n) is 3.66. The van der Waals surface area contributed by atoms with Gasteiger partial charge >= 0.3 is 0 Å². The molecule has 0 bridgehead atoms. The van der Waals surface area contributed by atoms with E-state index in [9.17, 15) is 0 Å². The molecule has 0 atom stereocenters. The van der Waals surface area contributed by atoms with Gasteiger partial charge in [0.15, 0.2) is 17.5 Å². The summed E-state index contributed by atoms with van der Waals surface area (Å²) < 4.78 is 7.34. The van der Waals surface area contributed by atoms with Crippen molar-refractivity contribution >= 4 is 31.9 Å². The molecule has 0 saturated carbocycles. The Hall–Kier alpha value is -3.35. The van der Waals surface area contributed by atoms with Gasteiger partial charge in [0.2, 0.25) is 0 Å². The molecule has 0 spiro atoms. The molecule has 0 radical (unpaired) electrons. The van der Waals surface area contributed by atoms with Gasteiger partial charge in [-0.05, 0) is 53.6 Å². The summed E-state index contributed by atoms with van der Waals surface area (Å²) in [4.78, 5) is 14.5. The Bertz CT molecular complexity index is 1420. The van der Waals surface area contributed by atoms with E-state index >= 15 is 0 Å². The molecule has 0 aliphatic heterocycles. The minimum Gasteiger partial charge on any atom is -0.497 e. The summed E-state index contributed by atoms with van der Waals surface area (Å²) in [5.74, 6) is 2.67. The van der Waals surface area contributed by atoms with Crippen LogP contribution in [0.2, 0.25) is 0 Å². The van der Waals surface area contributed by atoms with E-state index in [2.05, 4.69) is 50.1 Å². The van der Waals surface area contributed by atoms with Crippen LogP contribution in [0.25, 0.3) is 45.3 Å². The molecule has 4 nitrogen and oxygen atoms in total. The summed E-state index contributed by atoms with van der Waals surface area (Å²) >= 11 is 7.11. The highest BCUT2D eigenvalue weighted by molar-refractivity contribution is 9.10. The summed E-state index contributed by atoms with van der Waals surface area (Å²) in [6.45, 7) is 0. The second-order valence-electron chi connectivity index (χ2n) is 7.64. The zero-order valence-electron chi connectivity index (χ0n) is 18.2. The van der Waals surface area contributed by atoms with Gasteiger partial charge < -0.3 is 4.74 Å². The first-order chi connectivity index (χ1) is 16.6. The van der Waals surface area contributed by atoms with E-state index in [0.29, 0.717) is 17.5 Å². The van der Waals surface area contributed by atoms with Crippen LogP contribution in [-0.2, 0) is 0 Å². The molecule has 0 N–H and O–H groups in total. The Morgan fingerprint density at radius 2 is 0.912 bits per heavy atom. The van der Waals surface area contributed by atoms with Crippen LogP contribution in [0, 0.1) is 0 Å². The molecule has 4 aromatic carbocycles. The highest BCUT2D eigenvalue weighted by atomic mass is 79.9. The summed E-state index contributed by atoms with van der Waals surface area (Å²) in [6, 6.07) is 32.2. The summed E-state index contributed by atoms with van der Waals surface area (Å²) in [6.07, 6.45) is 0. The van der Waals surface area contributed by atoms with Gasteiger partial charge in [0, 0.05) is 25.6 Å². The molecule has 0 saturated heterocycles. The SMILES string of the molecule is COc1cccc(-c2cccc(-c3nc(-c4cccc(Br)c4)nc(-c4cccc(Br)c4)n3)c2)c1. The predicted molar refractivity (Wildman–Crippen MR) is 144 cm³/mol. The maximum atomic E-state index is 5.40. The molecule has 0 unspecified atom stereocenters. The highest BCUT2D eigenvalue weighted by Gasteiger charge is 2.13. The van der Waals surface area contributed by atoms with Crippen LogP contribution in [0.5, 0.6) is 5.75 Å². The van der Waals surface area contributed by atoms with E-state index in [1.54, 1.807) is 7.11 Å². The van der Waals surface area contributed by atoms with Crippen LogP contribution < -0.4 is 4.74 Å². The Morgan fingerprint density at radius 1 is 0.500 bits per heavy atom. The molecule has 166 valence electrons. The predicted octanol–water partition coefficient (Wildman–Crippen LogP) is 8.07. The van der Waals surface area contributed by atoms with Crippen LogP contribution in [-0.4, -0.2) is 22.1 Å². The fourth-order valence-corrected chi connectivity index (χ4v) is 4.46. The van der Waals surface area contributed by atoms with Crippen molar-refractivity contribution in [3.05, 3.63) is 106 Å². The highest BCUT2D eigenvalue weighted by Crippen LogP contribution is 2.30. The molecule has 6 heteroatoms. The maximum Gasteiger partial charge on any atom is 0.164 e. The molecule has 1 heterocycles. The van der Waals surface area contributed by atoms with Crippen molar-refractivity contribution in [2.45, 2.75) is 0 Å². The van der Waals surface area contributed by atoms with Crippen molar-refractivity contribution in [1.82, 2.24) is 15.0 Å². The van der Waals surface area contributed by atoms with Gasteiger partial charge in [-0.1, -0.05) is 86.5 Å². The van der Waals surface area contributed by atoms with E-state index in [0.717, 1.165) is 42.5 Å². The molecule has 1 aromatic heterocycles. The van der Waals surface area contributed by atoms with Gasteiger partial charge in [0.05, 0.1) is 7.11 Å². The van der Waals surface area contributed by atoms with Crippen molar-refractivity contribution in [3.8, 4) is 51.0 Å². The van der Waals surface area contributed by atoms with Gasteiger partial charge in [-0.15, -0.1) is 0 Å². The Balaban J connectivity index is 1.66. The van der Waals surface area contributed by atoms with Gasteiger partial charge in [0.1, 0.15) is 5.75 Å². The molecular weight excluding hydrogens is 554 g/mol. The van der Waals surface area contributed by atoms with Gasteiger partial charge in [0.25, 0.3) is 0 Å². The molecule has 5 aromatic rings. The minimum absolute atomic E-state index is 0.615. The normalized spacial score (nSPS) is 10.8. The van der Waals surface area contributed by atoms with E-state index in [1.165, 1.54) is 0 Å². The third kappa shape index (κ3) is 4.93. The largest absolute Gasteiger partial charge is 0.497 e. The van der Waals surface area contributed by atoms with E-state index in [-0.39, 0.29) is 0 Å². The molecule has 0 aliphatic rings. The Kier molecular flexibility index (Phi) is 6.52. The van der Waals surface area contributed by atoms with Crippen LogP contribution in [0.1, 0.15) is 0 Å². The number of rotatable bonds is 5. The van der Waals surface area contributed by atoms with Crippen LogP contribution >= 0.6 is 31.9 Å². The lowest BCUT2D eigenvalue weighted by molar-refractivity contribution is 0.415. The number of ether oxygens (including phenoxy) is 1. The Labute approximate surface area is 215 Å². The number of halogens is 2. The van der Waals surface area contributed by atoms with Gasteiger partial charge in [-0.3, -0.25) is 0 Å². The number of nitrogens with zero attached hydrogens (tertiary/aromatic N) is 3. The molecule has 0 fully saturated rings. The summed E-state index contributed by atoms with van der Waals surface area (Å²) in [5.41, 5.74) is 4.87. The number of aromatic nitrogens is 3. The smallest absolute Gasteiger partial charge is 0.164 e. The van der Waals surface area contributed by atoms with Crippen LogP contribution in [0.3, 0.4) is 0 Å². The van der Waals surface area contributed by atoms with Crippen molar-refractivity contribution in [1.29, 1.82) is 0 Å². The Morgan fingerprint density at radius 3 is 1.41 bits per heavy atom.